The minimum absolute atomic E-state index is 0.257. The van der Waals surface area contributed by atoms with Crippen molar-refractivity contribution in [2.45, 2.75) is 13.8 Å². The van der Waals surface area contributed by atoms with Gasteiger partial charge in [-0.25, -0.2) is 0 Å². The van der Waals surface area contributed by atoms with E-state index in [1.165, 1.54) is 31.3 Å². The number of nitrogens with zero attached hydrogens (tertiary/aromatic N) is 1. The Kier molecular flexibility index (Phi) is 3.93. The van der Waals surface area contributed by atoms with Gasteiger partial charge in [0.25, 0.3) is 0 Å². The molecule has 0 radical (unpaired) electrons. The van der Waals surface area contributed by atoms with E-state index in [1.54, 1.807) is 0 Å². The Morgan fingerprint density at radius 1 is 0.741 bits per heavy atom. The van der Waals surface area contributed by atoms with Crippen molar-refractivity contribution in [1.29, 1.82) is 0 Å². The van der Waals surface area contributed by atoms with Crippen LogP contribution in [0, 0.1) is 13.8 Å². The first-order valence-electron chi connectivity index (χ1n) is 9.04. The summed E-state index contributed by atoms with van der Waals surface area (Å²) in [6.45, 7) is 4.19. The summed E-state index contributed by atoms with van der Waals surface area (Å²) in [7, 11) is 0. The van der Waals surface area contributed by atoms with Crippen LogP contribution in [-0.2, 0) is 0 Å². The molecule has 27 heavy (non-hydrogen) atoms. The van der Waals surface area contributed by atoms with Crippen molar-refractivity contribution < 1.29 is 4.42 Å². The molecule has 3 heteroatoms. The third-order valence-corrected chi connectivity index (χ3v) is 7.03. The fourth-order valence-corrected chi connectivity index (χ4v) is 6.09. The molecule has 4 aromatic rings. The van der Waals surface area contributed by atoms with Gasteiger partial charge < -0.3 is 0 Å². The van der Waals surface area contributed by atoms with Crippen LogP contribution in [0.5, 0.6) is 0 Å². The number of hydrogen-bond donors (Lipinski definition) is 0. The topological polar surface area (TPSA) is 16.4 Å². The van der Waals surface area contributed by atoms with Crippen LogP contribution < -0.4 is 13.8 Å². The Hall–Kier alpha value is -2.74. The summed E-state index contributed by atoms with van der Waals surface area (Å²) in [6, 6.07) is 28.1. The van der Waals surface area contributed by atoms with Crippen LogP contribution in [0.2, 0.25) is 0 Å². The second-order valence-electron chi connectivity index (χ2n) is 6.82. The van der Waals surface area contributed by atoms with Crippen LogP contribution in [0.3, 0.4) is 0 Å². The van der Waals surface area contributed by atoms with Crippen LogP contribution in [0.4, 0.5) is 17.3 Å². The predicted octanol–water partition coefficient (Wildman–Crippen LogP) is 5.00. The molecule has 0 atom stereocenters. The van der Waals surface area contributed by atoms with E-state index in [2.05, 4.69) is 90.7 Å². The normalized spacial score (nSPS) is 12.6. The number of furan rings is 1. The quantitative estimate of drug-likeness (QED) is 0.377. The number of para-hydroxylation sites is 1. The Bertz CT molecular complexity index is 1130. The Morgan fingerprint density at radius 2 is 1.52 bits per heavy atom. The summed E-state index contributed by atoms with van der Waals surface area (Å²) >= 11 is 0.257. The van der Waals surface area contributed by atoms with E-state index >= 15 is 0 Å². The molecular formula is C24H19NOSe. The molecule has 1 aliphatic heterocycles. The van der Waals surface area contributed by atoms with Gasteiger partial charge in [0.05, 0.1) is 0 Å². The number of benzene rings is 3. The van der Waals surface area contributed by atoms with Gasteiger partial charge in [-0.15, -0.1) is 0 Å². The number of aryl methyl sites for hydroxylation is 2. The summed E-state index contributed by atoms with van der Waals surface area (Å²) < 4.78 is 8.90. The Morgan fingerprint density at radius 3 is 2.37 bits per heavy atom. The SMILES string of the molecule is Cc1ccc2c(c1)[Se]c1cc(C)oc1N2c1ccccc1-c1ccccc1. The molecule has 2 nitrogen and oxygen atoms in total. The van der Waals surface area contributed by atoms with Crippen LogP contribution >= 0.6 is 0 Å². The minimum atomic E-state index is 0.257. The van der Waals surface area contributed by atoms with Gasteiger partial charge in [-0.05, 0) is 0 Å². The zero-order valence-electron chi connectivity index (χ0n) is 15.3. The monoisotopic (exact) mass is 417 g/mol. The van der Waals surface area contributed by atoms with Gasteiger partial charge in [0.15, 0.2) is 0 Å². The van der Waals surface area contributed by atoms with E-state index in [-0.39, 0.29) is 15.0 Å². The van der Waals surface area contributed by atoms with Crippen molar-refractivity contribution in [3.05, 3.63) is 90.2 Å². The molecule has 0 N–H and O–H groups in total. The van der Waals surface area contributed by atoms with Gasteiger partial charge in [0.2, 0.25) is 0 Å². The predicted molar refractivity (Wildman–Crippen MR) is 113 cm³/mol. The van der Waals surface area contributed by atoms with Crippen molar-refractivity contribution >= 4 is 41.1 Å². The van der Waals surface area contributed by atoms with E-state index in [0.717, 1.165) is 17.3 Å². The van der Waals surface area contributed by atoms with Crippen molar-refractivity contribution in [2.75, 3.05) is 4.90 Å². The Balaban J connectivity index is 1.77. The molecular weight excluding hydrogens is 397 g/mol. The number of fused-ring (bicyclic) bond motifs is 2. The molecule has 3 aromatic carbocycles. The summed E-state index contributed by atoms with van der Waals surface area (Å²) in [4.78, 5) is 2.30. The molecule has 0 amide bonds. The van der Waals surface area contributed by atoms with Crippen LogP contribution in [0.25, 0.3) is 11.1 Å². The second-order valence-corrected chi connectivity index (χ2v) is 9.09. The molecule has 1 aliphatic rings. The molecule has 0 saturated carbocycles. The fraction of sp³-hybridized carbons (Fsp3) is 0.0833. The number of rotatable bonds is 2. The van der Waals surface area contributed by atoms with Gasteiger partial charge >= 0.3 is 166 Å². The van der Waals surface area contributed by atoms with Crippen molar-refractivity contribution in [3.63, 3.8) is 0 Å². The average Bonchev–Trinajstić information content (AvgIpc) is 3.06. The third kappa shape index (κ3) is 2.80. The van der Waals surface area contributed by atoms with E-state index in [0.29, 0.717) is 0 Å². The maximum absolute atomic E-state index is 6.19. The zero-order chi connectivity index (χ0) is 18.4. The van der Waals surface area contributed by atoms with E-state index in [4.69, 9.17) is 4.42 Å². The van der Waals surface area contributed by atoms with E-state index in [9.17, 15) is 0 Å². The summed E-state index contributed by atoms with van der Waals surface area (Å²) in [5.41, 5.74) is 6.10. The van der Waals surface area contributed by atoms with Crippen molar-refractivity contribution in [3.8, 4) is 11.1 Å². The van der Waals surface area contributed by atoms with Gasteiger partial charge in [0, 0.05) is 0 Å². The van der Waals surface area contributed by atoms with Gasteiger partial charge in [-0.1, -0.05) is 0 Å². The first-order valence-corrected chi connectivity index (χ1v) is 10.8. The van der Waals surface area contributed by atoms with Crippen LogP contribution in [0.15, 0.2) is 83.3 Å². The summed E-state index contributed by atoms with van der Waals surface area (Å²) in [5, 5.41) is 0. The first-order chi connectivity index (χ1) is 13.2. The molecule has 0 spiro atoms. The van der Waals surface area contributed by atoms with Crippen molar-refractivity contribution in [2.24, 2.45) is 0 Å². The molecule has 0 aliphatic carbocycles. The Labute approximate surface area is 165 Å². The molecule has 5 rings (SSSR count). The summed E-state index contributed by atoms with van der Waals surface area (Å²) in [6.07, 6.45) is 0. The fourth-order valence-electron chi connectivity index (χ4n) is 3.59. The van der Waals surface area contributed by atoms with Gasteiger partial charge in [-0.2, -0.15) is 0 Å². The van der Waals surface area contributed by atoms with E-state index in [1.807, 2.05) is 6.92 Å². The third-order valence-electron chi connectivity index (χ3n) is 4.81. The maximum atomic E-state index is 6.19. The van der Waals surface area contributed by atoms with Crippen LogP contribution in [-0.4, -0.2) is 15.0 Å². The zero-order valence-corrected chi connectivity index (χ0v) is 17.0. The average molecular weight is 416 g/mol. The molecule has 0 fully saturated rings. The van der Waals surface area contributed by atoms with Gasteiger partial charge in [0.1, 0.15) is 0 Å². The van der Waals surface area contributed by atoms with Crippen LogP contribution in [0.1, 0.15) is 11.3 Å². The molecule has 0 bridgehead atoms. The molecule has 1 aromatic heterocycles. The summed E-state index contributed by atoms with van der Waals surface area (Å²) in [5.74, 6) is 1.93. The van der Waals surface area contributed by atoms with E-state index < -0.39 is 0 Å². The second kappa shape index (κ2) is 6.45. The molecule has 0 saturated heterocycles. The first kappa shape index (κ1) is 16.4. The molecule has 132 valence electrons. The standard InChI is InChI=1S/C24H19NOSe/c1-16-12-13-21-22(14-16)27-23-15-17(2)26-24(23)25(21)20-11-7-6-10-19(20)18-8-4-3-5-9-18/h3-15H,1-2H3. The number of anilines is 3. The molecule has 2 heterocycles. The van der Waals surface area contributed by atoms with Crippen molar-refractivity contribution in [1.82, 2.24) is 0 Å². The number of hydrogen-bond acceptors (Lipinski definition) is 2. The molecule has 0 unspecified atom stereocenters. The van der Waals surface area contributed by atoms with Gasteiger partial charge in [-0.3, -0.25) is 0 Å².